The van der Waals surface area contributed by atoms with Crippen LogP contribution in [0.1, 0.15) is 6.92 Å². The third kappa shape index (κ3) is 2.39. The fourth-order valence-electron chi connectivity index (χ4n) is 2.37. The van der Waals surface area contributed by atoms with Crippen LogP contribution in [0, 0.1) is 0 Å². The van der Waals surface area contributed by atoms with Gasteiger partial charge in [0.2, 0.25) is 0 Å². The average Bonchev–Trinajstić information content (AvgIpc) is 3.01. The number of aryl methyl sites for hydroxylation is 1. The summed E-state index contributed by atoms with van der Waals surface area (Å²) < 4.78 is 1.58. The van der Waals surface area contributed by atoms with E-state index in [2.05, 4.69) is 20.3 Å². The van der Waals surface area contributed by atoms with E-state index in [9.17, 15) is 4.79 Å². The molecule has 6 nitrogen and oxygen atoms in total. The molecule has 0 amide bonds. The first-order valence-corrected chi connectivity index (χ1v) is 6.93. The molecule has 0 aliphatic heterocycles. The number of pyridine rings is 2. The molecule has 22 heavy (non-hydrogen) atoms. The highest BCUT2D eigenvalue weighted by molar-refractivity contribution is 5.95. The van der Waals surface area contributed by atoms with E-state index in [1.807, 2.05) is 31.3 Å². The van der Waals surface area contributed by atoms with Gasteiger partial charge in [0.1, 0.15) is 11.3 Å². The summed E-state index contributed by atoms with van der Waals surface area (Å²) in [4.78, 5) is 23.5. The summed E-state index contributed by atoms with van der Waals surface area (Å²) in [5.74, 6) is 1.54. The highest BCUT2D eigenvalue weighted by Gasteiger charge is 2.10. The second-order valence-corrected chi connectivity index (χ2v) is 5.09. The molecular weight excluding hydrogens is 278 g/mol. The van der Waals surface area contributed by atoms with Gasteiger partial charge in [-0.15, -0.1) is 0 Å². The Balaban J connectivity index is 2.07. The van der Waals surface area contributed by atoms with Crippen molar-refractivity contribution in [3.63, 3.8) is 0 Å². The van der Waals surface area contributed by atoms with Crippen LogP contribution in [0.15, 0.2) is 46.6 Å². The van der Waals surface area contributed by atoms with E-state index in [0.717, 1.165) is 28.2 Å². The molecule has 0 aromatic carbocycles. The molecule has 0 saturated carbocycles. The second kappa shape index (κ2) is 5.48. The number of fused-ring (bicyclic) bond motifs is 1. The van der Waals surface area contributed by atoms with Crippen molar-refractivity contribution in [3.05, 3.63) is 47.1 Å². The predicted molar refractivity (Wildman–Crippen MR) is 89.4 cm³/mol. The number of anilines is 1. The minimum Gasteiger partial charge on any atom is -0.357 e. The first-order valence-electron chi connectivity index (χ1n) is 6.93. The highest BCUT2D eigenvalue weighted by atomic mass is 16.1. The van der Waals surface area contributed by atoms with Crippen molar-refractivity contribution < 1.29 is 0 Å². The number of hydrogen-bond acceptors (Lipinski definition) is 3. The maximum absolute atomic E-state index is 12.1. The fourth-order valence-corrected chi connectivity index (χ4v) is 2.37. The summed E-state index contributed by atoms with van der Waals surface area (Å²) in [6, 6.07) is 5.78. The molecule has 3 rings (SSSR count). The molecule has 0 unspecified atom stereocenters. The molecule has 3 aromatic rings. The molecule has 0 radical (unpaired) electrons. The Morgan fingerprint density at radius 3 is 2.86 bits per heavy atom. The van der Waals surface area contributed by atoms with Gasteiger partial charge in [0.05, 0.1) is 5.84 Å². The lowest BCUT2D eigenvalue weighted by Gasteiger charge is -2.08. The Morgan fingerprint density at radius 2 is 2.18 bits per heavy atom. The van der Waals surface area contributed by atoms with Crippen molar-refractivity contribution >= 4 is 22.6 Å². The first kappa shape index (κ1) is 14.1. The molecule has 0 bridgehead atoms. The molecule has 0 aliphatic carbocycles. The summed E-state index contributed by atoms with van der Waals surface area (Å²) in [6.07, 6.45) is 5.40. The predicted octanol–water partition coefficient (Wildman–Crippen LogP) is 2.39. The molecule has 0 atom stereocenters. The first-order chi connectivity index (χ1) is 10.6. The van der Waals surface area contributed by atoms with Gasteiger partial charge >= 0.3 is 0 Å². The summed E-state index contributed by atoms with van der Waals surface area (Å²) in [6.45, 7) is 1.88. The van der Waals surface area contributed by atoms with Gasteiger partial charge in [0.15, 0.2) is 0 Å². The van der Waals surface area contributed by atoms with E-state index in [1.165, 1.54) is 0 Å². The molecule has 6 heteroatoms. The lowest BCUT2D eigenvalue weighted by Crippen LogP contribution is -2.16. The Kier molecular flexibility index (Phi) is 3.50. The smallest absolute Gasteiger partial charge is 0.274 e. The SMILES string of the molecule is CN=C(C)Nc1ccc(-c2cn(C)c(=O)c3[nH]ccc23)cn1. The number of nitrogens with zero attached hydrogens (tertiary/aromatic N) is 3. The fraction of sp³-hybridized carbons (Fsp3) is 0.188. The minimum atomic E-state index is -0.0372. The molecule has 0 aliphatic rings. The van der Waals surface area contributed by atoms with Gasteiger partial charge in [0, 0.05) is 49.2 Å². The Bertz CT molecular complexity index is 902. The van der Waals surface area contributed by atoms with E-state index in [0.29, 0.717) is 5.52 Å². The number of amidine groups is 1. The maximum atomic E-state index is 12.1. The van der Waals surface area contributed by atoms with Crippen molar-refractivity contribution in [1.29, 1.82) is 0 Å². The van der Waals surface area contributed by atoms with E-state index >= 15 is 0 Å². The molecular formula is C16H17N5O. The zero-order valence-electron chi connectivity index (χ0n) is 12.7. The lowest BCUT2D eigenvalue weighted by atomic mass is 10.1. The van der Waals surface area contributed by atoms with Gasteiger partial charge in [-0.1, -0.05) is 0 Å². The molecule has 0 fully saturated rings. The van der Waals surface area contributed by atoms with E-state index in [4.69, 9.17) is 0 Å². The van der Waals surface area contributed by atoms with Gasteiger partial charge < -0.3 is 14.9 Å². The molecule has 112 valence electrons. The number of aromatic nitrogens is 3. The topological polar surface area (TPSA) is 75.1 Å². The second-order valence-electron chi connectivity index (χ2n) is 5.09. The monoisotopic (exact) mass is 295 g/mol. The van der Waals surface area contributed by atoms with Gasteiger partial charge in [-0.05, 0) is 25.1 Å². The zero-order chi connectivity index (χ0) is 15.7. The van der Waals surface area contributed by atoms with Crippen LogP contribution in [0.5, 0.6) is 0 Å². The normalized spacial score (nSPS) is 11.9. The largest absolute Gasteiger partial charge is 0.357 e. The van der Waals surface area contributed by atoms with Crippen LogP contribution in [-0.4, -0.2) is 27.4 Å². The van der Waals surface area contributed by atoms with Crippen molar-refractivity contribution in [2.24, 2.45) is 12.0 Å². The number of rotatable bonds is 2. The van der Waals surface area contributed by atoms with Crippen LogP contribution >= 0.6 is 0 Å². The summed E-state index contributed by atoms with van der Waals surface area (Å²) in [5.41, 5.74) is 2.50. The molecule has 0 spiro atoms. The number of aromatic amines is 1. The summed E-state index contributed by atoms with van der Waals surface area (Å²) in [5, 5.41) is 4.00. The van der Waals surface area contributed by atoms with Crippen LogP contribution < -0.4 is 10.9 Å². The lowest BCUT2D eigenvalue weighted by molar-refractivity contribution is 0.872. The molecule has 3 aromatic heterocycles. The van der Waals surface area contributed by atoms with Crippen LogP contribution in [0.2, 0.25) is 0 Å². The van der Waals surface area contributed by atoms with Gasteiger partial charge in [-0.2, -0.15) is 0 Å². The van der Waals surface area contributed by atoms with E-state index in [-0.39, 0.29) is 5.56 Å². The van der Waals surface area contributed by atoms with Crippen LogP contribution in [0.3, 0.4) is 0 Å². The number of hydrogen-bond donors (Lipinski definition) is 2. The van der Waals surface area contributed by atoms with Crippen molar-refractivity contribution in [2.75, 3.05) is 12.4 Å². The molecule has 0 saturated heterocycles. The third-order valence-corrected chi connectivity index (χ3v) is 3.61. The van der Waals surface area contributed by atoms with Crippen molar-refractivity contribution in [3.8, 4) is 11.1 Å². The highest BCUT2D eigenvalue weighted by Crippen LogP contribution is 2.26. The van der Waals surface area contributed by atoms with Gasteiger partial charge in [0.25, 0.3) is 5.56 Å². The zero-order valence-corrected chi connectivity index (χ0v) is 12.7. The summed E-state index contributed by atoms with van der Waals surface area (Å²) >= 11 is 0. The van der Waals surface area contributed by atoms with Gasteiger partial charge in [-0.3, -0.25) is 9.79 Å². The van der Waals surface area contributed by atoms with Crippen molar-refractivity contribution in [2.45, 2.75) is 6.92 Å². The average molecular weight is 295 g/mol. The van der Waals surface area contributed by atoms with E-state index < -0.39 is 0 Å². The van der Waals surface area contributed by atoms with Crippen LogP contribution in [0.25, 0.3) is 22.0 Å². The third-order valence-electron chi connectivity index (χ3n) is 3.61. The van der Waals surface area contributed by atoms with E-state index in [1.54, 1.807) is 31.1 Å². The maximum Gasteiger partial charge on any atom is 0.274 e. The minimum absolute atomic E-state index is 0.0372. The number of H-pyrrole nitrogens is 1. The van der Waals surface area contributed by atoms with Gasteiger partial charge in [-0.25, -0.2) is 4.98 Å². The Labute approximate surface area is 127 Å². The Hall–Kier alpha value is -2.89. The Morgan fingerprint density at radius 1 is 1.36 bits per heavy atom. The van der Waals surface area contributed by atoms with Crippen LogP contribution in [0.4, 0.5) is 5.82 Å². The number of nitrogens with one attached hydrogen (secondary N) is 2. The molecule has 2 N–H and O–H groups in total. The quantitative estimate of drug-likeness (QED) is 0.563. The number of aliphatic imine (C=N–C) groups is 1. The van der Waals surface area contributed by atoms with Crippen molar-refractivity contribution in [1.82, 2.24) is 14.5 Å². The molecule has 3 heterocycles. The van der Waals surface area contributed by atoms with Crippen LogP contribution in [-0.2, 0) is 7.05 Å². The summed E-state index contributed by atoms with van der Waals surface area (Å²) in [7, 11) is 3.47. The standard InChI is InChI=1S/C16H17N5O/c1-10(17-2)20-14-5-4-11(8-19-14)13-9-21(3)16(22)15-12(13)6-7-18-15/h4-9,18H,1-3H3,(H,17,19,20).